The van der Waals surface area contributed by atoms with Gasteiger partial charge in [0, 0.05) is 26.4 Å². The molecule has 3 aliphatic rings. The lowest BCUT2D eigenvalue weighted by Crippen LogP contribution is -2.63. The Morgan fingerprint density at radius 1 is 1.29 bits per heavy atom. The van der Waals surface area contributed by atoms with Crippen molar-refractivity contribution in [3.63, 3.8) is 0 Å². The molecule has 0 spiro atoms. The van der Waals surface area contributed by atoms with Crippen LogP contribution in [0.5, 0.6) is 5.75 Å². The number of Topliss-reactive ketones (excluding diaryl/α,β-unsaturated/α-hetero) is 2. The van der Waals surface area contributed by atoms with Gasteiger partial charge in [0.25, 0.3) is 5.91 Å². The Labute approximate surface area is 213 Å². The molecule has 0 unspecified atom stereocenters. The fourth-order valence-corrected chi connectivity index (χ4v) is 6.99. The first-order valence-electron chi connectivity index (χ1n) is 10.5. The SMILES string of the molecule is CSCc1cc(I)c2c(c1O)C(=O)C1=C(O)[C@]3(O)C(=O)C(C(N)=O)=C(O)[C@@H](N(C)C)[C@@H]3C[C@@H]1C2. The number of hydrogen-bond donors (Lipinski definition) is 5. The minimum absolute atomic E-state index is 0.0525. The quantitative estimate of drug-likeness (QED) is 0.255. The van der Waals surface area contributed by atoms with Gasteiger partial charge in [-0.3, -0.25) is 19.3 Å². The zero-order chi connectivity index (χ0) is 25.3. The van der Waals surface area contributed by atoms with Crippen molar-refractivity contribution in [1.29, 1.82) is 0 Å². The lowest BCUT2D eigenvalue weighted by atomic mass is 9.58. The number of rotatable bonds is 4. The van der Waals surface area contributed by atoms with E-state index in [4.69, 9.17) is 5.73 Å². The van der Waals surface area contributed by atoms with Crippen LogP contribution in [0, 0.1) is 15.4 Å². The number of primary amides is 1. The topological polar surface area (TPSA) is 161 Å². The Balaban J connectivity index is 1.96. The summed E-state index contributed by atoms with van der Waals surface area (Å²) < 4.78 is 0.796. The van der Waals surface area contributed by atoms with Gasteiger partial charge < -0.3 is 26.2 Å². The van der Waals surface area contributed by atoms with E-state index in [2.05, 4.69) is 22.6 Å². The summed E-state index contributed by atoms with van der Waals surface area (Å²) in [5, 5.41) is 44.5. The fourth-order valence-electron chi connectivity index (χ4n) is 5.59. The van der Waals surface area contributed by atoms with Crippen molar-refractivity contribution in [2.75, 3.05) is 20.4 Å². The van der Waals surface area contributed by atoms with E-state index in [9.17, 15) is 34.8 Å². The van der Waals surface area contributed by atoms with E-state index in [-0.39, 0.29) is 23.3 Å². The van der Waals surface area contributed by atoms with Crippen molar-refractivity contribution in [3.05, 3.63) is 49.0 Å². The molecule has 1 aromatic rings. The molecule has 0 radical (unpaired) electrons. The van der Waals surface area contributed by atoms with Gasteiger partial charge in [-0.2, -0.15) is 11.8 Å². The molecule has 0 aliphatic heterocycles. The first-order chi connectivity index (χ1) is 15.9. The van der Waals surface area contributed by atoms with E-state index in [1.54, 1.807) is 14.1 Å². The Morgan fingerprint density at radius 2 is 1.94 bits per heavy atom. The zero-order valence-electron chi connectivity index (χ0n) is 18.8. The predicted octanol–water partition coefficient (Wildman–Crippen LogP) is 1.59. The number of ketones is 2. The lowest BCUT2D eigenvalue weighted by molar-refractivity contribution is -0.148. The lowest BCUT2D eigenvalue weighted by Gasteiger charge is -2.50. The van der Waals surface area contributed by atoms with Crippen molar-refractivity contribution in [2.24, 2.45) is 17.6 Å². The maximum absolute atomic E-state index is 13.6. The molecule has 182 valence electrons. The van der Waals surface area contributed by atoms with Gasteiger partial charge in [-0.15, -0.1) is 0 Å². The minimum atomic E-state index is -2.62. The van der Waals surface area contributed by atoms with Crippen LogP contribution in [0.25, 0.3) is 0 Å². The molecule has 4 rings (SSSR count). The number of aromatic hydroxyl groups is 1. The number of aliphatic hydroxyl groups is 3. The first-order valence-corrected chi connectivity index (χ1v) is 13.0. The van der Waals surface area contributed by atoms with Gasteiger partial charge in [-0.25, -0.2) is 0 Å². The van der Waals surface area contributed by atoms with Gasteiger partial charge in [-0.05, 0) is 73.3 Å². The Morgan fingerprint density at radius 3 is 2.50 bits per heavy atom. The predicted molar refractivity (Wildman–Crippen MR) is 134 cm³/mol. The second kappa shape index (κ2) is 8.54. The van der Waals surface area contributed by atoms with E-state index in [1.165, 1.54) is 16.7 Å². The Bertz CT molecular complexity index is 1210. The third-order valence-corrected chi connectivity index (χ3v) is 8.61. The number of fused-ring (bicyclic) bond motifs is 3. The van der Waals surface area contributed by atoms with Crippen LogP contribution in [0.2, 0.25) is 0 Å². The van der Waals surface area contributed by atoms with Gasteiger partial charge in [0.2, 0.25) is 5.78 Å². The monoisotopic (exact) mass is 600 g/mol. The highest BCUT2D eigenvalue weighted by Gasteiger charge is 2.63. The van der Waals surface area contributed by atoms with Crippen LogP contribution in [-0.2, 0) is 21.8 Å². The molecule has 0 fully saturated rings. The third-order valence-electron chi connectivity index (χ3n) is 7.05. The second-order valence-corrected chi connectivity index (χ2v) is 11.1. The maximum atomic E-state index is 13.6. The van der Waals surface area contributed by atoms with E-state index in [0.29, 0.717) is 23.3 Å². The van der Waals surface area contributed by atoms with Gasteiger partial charge in [-0.1, -0.05) is 0 Å². The summed E-state index contributed by atoms with van der Waals surface area (Å²) in [4.78, 5) is 40.4. The molecule has 4 atom stereocenters. The molecule has 0 saturated heterocycles. The highest BCUT2D eigenvalue weighted by atomic mass is 127. The van der Waals surface area contributed by atoms with Crippen LogP contribution >= 0.6 is 34.4 Å². The normalized spacial score (nSPS) is 28.7. The summed E-state index contributed by atoms with van der Waals surface area (Å²) in [6.45, 7) is 0. The number of carbonyl (C=O) groups excluding carboxylic acids is 3. The standard InChI is InChI=1S/C23H25IN2O7S/c1-26(2)16-11-5-8-4-10-12(24)6-9(7-34-3)17(27)14(10)18(28)13(8)20(30)23(11,33)21(31)15(19(16)29)22(25)32/h6,8,11,16,27,29-30,33H,4-5,7H2,1-3H3,(H2,25,32)/t8-,11-,16-,23-/m0/s1. The fraction of sp³-hybridized carbons (Fsp3) is 0.435. The van der Waals surface area contributed by atoms with Gasteiger partial charge >= 0.3 is 0 Å². The van der Waals surface area contributed by atoms with Gasteiger partial charge in [0.15, 0.2) is 11.4 Å². The highest BCUT2D eigenvalue weighted by Crippen LogP contribution is 2.52. The second-order valence-electron chi connectivity index (χ2n) is 9.12. The number of thioether (sulfide) groups is 1. The number of phenolic OH excluding ortho intramolecular Hbond substituents is 1. The Hall–Kier alpha value is -2.09. The molecule has 9 nitrogen and oxygen atoms in total. The van der Waals surface area contributed by atoms with Crippen LogP contribution < -0.4 is 5.73 Å². The molecule has 3 aliphatic carbocycles. The van der Waals surface area contributed by atoms with Crippen molar-refractivity contribution < 1.29 is 34.8 Å². The van der Waals surface area contributed by atoms with Crippen LogP contribution in [0.1, 0.15) is 27.9 Å². The maximum Gasteiger partial charge on any atom is 0.255 e. The number of phenols is 1. The average Bonchev–Trinajstić information content (AvgIpc) is 2.74. The molecular weight excluding hydrogens is 575 g/mol. The van der Waals surface area contributed by atoms with Gasteiger partial charge in [0.1, 0.15) is 22.8 Å². The molecular formula is C23H25IN2O7S. The van der Waals surface area contributed by atoms with Crippen LogP contribution in [0.3, 0.4) is 0 Å². The van der Waals surface area contributed by atoms with Crippen molar-refractivity contribution in [1.82, 2.24) is 4.90 Å². The smallest absolute Gasteiger partial charge is 0.255 e. The summed E-state index contributed by atoms with van der Waals surface area (Å²) in [6.07, 6.45) is 2.24. The van der Waals surface area contributed by atoms with E-state index < -0.39 is 58.0 Å². The first kappa shape index (κ1) is 25.0. The molecule has 0 heterocycles. The summed E-state index contributed by atoms with van der Waals surface area (Å²) in [6, 6.07) is 0.828. The van der Waals surface area contributed by atoms with Gasteiger partial charge in [0.05, 0.1) is 11.6 Å². The molecule has 34 heavy (non-hydrogen) atoms. The van der Waals surface area contributed by atoms with Crippen molar-refractivity contribution in [3.8, 4) is 5.75 Å². The number of nitrogens with zero attached hydrogens (tertiary/aromatic N) is 1. The largest absolute Gasteiger partial charge is 0.510 e. The highest BCUT2D eigenvalue weighted by molar-refractivity contribution is 14.1. The molecule has 1 aromatic carbocycles. The Kier molecular flexibility index (Phi) is 6.28. The summed E-state index contributed by atoms with van der Waals surface area (Å²) in [7, 11) is 3.20. The van der Waals surface area contributed by atoms with E-state index >= 15 is 0 Å². The zero-order valence-corrected chi connectivity index (χ0v) is 21.7. The van der Waals surface area contributed by atoms with Crippen LogP contribution in [-0.4, -0.2) is 74.8 Å². The van der Waals surface area contributed by atoms with E-state index in [0.717, 1.165) is 3.57 Å². The molecule has 1 amide bonds. The average molecular weight is 600 g/mol. The number of hydrogen-bond acceptors (Lipinski definition) is 9. The number of halogens is 1. The molecule has 11 heteroatoms. The number of amides is 1. The third kappa shape index (κ3) is 3.31. The number of nitrogens with two attached hydrogens (primary N) is 1. The van der Waals surface area contributed by atoms with Crippen LogP contribution in [0.15, 0.2) is 28.7 Å². The molecule has 0 saturated carbocycles. The van der Waals surface area contributed by atoms with E-state index in [1.807, 2.05) is 12.3 Å². The summed E-state index contributed by atoms with van der Waals surface area (Å²) >= 11 is 3.59. The minimum Gasteiger partial charge on any atom is -0.510 e. The summed E-state index contributed by atoms with van der Waals surface area (Å²) in [5.74, 6) is -5.87. The number of allylic oxidation sites excluding steroid dienone is 1. The number of likely N-dealkylation sites (N-methyl/N-ethyl adjacent to an activating group) is 1. The number of aliphatic hydroxyl groups excluding tert-OH is 2. The summed E-state index contributed by atoms with van der Waals surface area (Å²) in [5.41, 5.74) is 3.02. The molecule has 6 N–H and O–H groups in total. The van der Waals surface area contributed by atoms with Crippen molar-refractivity contribution >= 4 is 51.8 Å². The molecule has 0 aromatic heterocycles. The number of carbonyl (C=O) groups is 3. The van der Waals surface area contributed by atoms with Crippen molar-refractivity contribution in [2.45, 2.75) is 30.2 Å². The molecule has 0 bridgehead atoms. The van der Waals surface area contributed by atoms with Crippen LogP contribution in [0.4, 0.5) is 0 Å². The number of benzene rings is 1.